The number of methoxy groups -OCH3 is 1. The first-order valence-corrected chi connectivity index (χ1v) is 7.71. The minimum Gasteiger partial charge on any atom is -0.377 e. The number of hydrogen-bond donors (Lipinski definition) is 1. The molecule has 1 heterocycles. The van der Waals surface area contributed by atoms with Gasteiger partial charge in [0.1, 0.15) is 0 Å². The lowest BCUT2D eigenvalue weighted by Crippen LogP contribution is -2.53. The summed E-state index contributed by atoms with van der Waals surface area (Å²) in [5.74, 6) is 0.791. The molecule has 114 valence electrons. The van der Waals surface area contributed by atoms with Gasteiger partial charge in [0.2, 0.25) is 0 Å². The van der Waals surface area contributed by atoms with Gasteiger partial charge < -0.3 is 10.1 Å². The van der Waals surface area contributed by atoms with Crippen molar-refractivity contribution in [3.05, 3.63) is 5.82 Å². The molecule has 0 aromatic carbocycles. The largest absolute Gasteiger partial charge is 0.377 e. The van der Waals surface area contributed by atoms with Crippen molar-refractivity contribution in [2.75, 3.05) is 13.7 Å². The minimum atomic E-state index is -0.0916. The first kappa shape index (κ1) is 15.4. The molecule has 0 amide bonds. The molecule has 1 saturated carbocycles. The normalized spacial score (nSPS) is 20.6. The quantitative estimate of drug-likeness (QED) is 0.800. The van der Waals surface area contributed by atoms with E-state index in [2.05, 4.69) is 27.7 Å². The number of nitrogens with one attached hydrogen (secondary N) is 1. The Bertz CT molecular complexity index is 398. The SMILES string of the molecule is CCNC(Cc1nnn(C)n1)C1(OC)CCCCCC1. The van der Waals surface area contributed by atoms with Crippen molar-refractivity contribution >= 4 is 0 Å². The molecule has 1 atom stereocenters. The van der Waals surface area contributed by atoms with Crippen molar-refractivity contribution in [1.82, 2.24) is 25.5 Å². The lowest BCUT2D eigenvalue weighted by Gasteiger charge is -2.39. The van der Waals surface area contributed by atoms with Crippen LogP contribution in [0, 0.1) is 0 Å². The molecule has 0 aliphatic heterocycles. The summed E-state index contributed by atoms with van der Waals surface area (Å²) in [5, 5.41) is 16.0. The van der Waals surface area contributed by atoms with Crippen molar-refractivity contribution in [2.24, 2.45) is 7.05 Å². The number of nitrogens with zero attached hydrogens (tertiary/aromatic N) is 4. The Labute approximate surface area is 121 Å². The highest BCUT2D eigenvalue weighted by Gasteiger charge is 2.39. The Morgan fingerprint density at radius 3 is 2.50 bits per heavy atom. The highest BCUT2D eigenvalue weighted by Crippen LogP contribution is 2.34. The van der Waals surface area contributed by atoms with Crippen molar-refractivity contribution in [3.63, 3.8) is 0 Å². The molecule has 1 fully saturated rings. The third-order valence-corrected chi connectivity index (χ3v) is 4.38. The van der Waals surface area contributed by atoms with E-state index in [0.717, 1.165) is 31.6 Å². The fraction of sp³-hybridized carbons (Fsp3) is 0.929. The van der Waals surface area contributed by atoms with Gasteiger partial charge in [-0.3, -0.25) is 0 Å². The van der Waals surface area contributed by atoms with Gasteiger partial charge in [0.15, 0.2) is 5.82 Å². The van der Waals surface area contributed by atoms with Gasteiger partial charge in [0.05, 0.1) is 12.6 Å². The van der Waals surface area contributed by atoms with Gasteiger partial charge in [-0.1, -0.05) is 32.6 Å². The predicted molar refractivity (Wildman–Crippen MR) is 77.4 cm³/mol. The monoisotopic (exact) mass is 281 g/mol. The maximum absolute atomic E-state index is 6.01. The van der Waals surface area contributed by atoms with Crippen LogP contribution < -0.4 is 5.32 Å². The Morgan fingerprint density at radius 2 is 2.00 bits per heavy atom. The predicted octanol–water partition coefficient (Wildman–Crippen LogP) is 1.47. The molecule has 1 aromatic heterocycles. The van der Waals surface area contributed by atoms with Gasteiger partial charge in [-0.15, -0.1) is 10.2 Å². The van der Waals surface area contributed by atoms with Crippen molar-refractivity contribution in [2.45, 2.75) is 63.5 Å². The number of hydrogen-bond acceptors (Lipinski definition) is 5. The minimum absolute atomic E-state index is 0.0916. The van der Waals surface area contributed by atoms with Gasteiger partial charge in [0.25, 0.3) is 0 Å². The molecule has 0 spiro atoms. The Morgan fingerprint density at radius 1 is 1.30 bits per heavy atom. The van der Waals surface area contributed by atoms with Crippen molar-refractivity contribution < 1.29 is 4.74 Å². The van der Waals surface area contributed by atoms with E-state index in [4.69, 9.17) is 4.74 Å². The van der Waals surface area contributed by atoms with E-state index in [1.54, 1.807) is 7.05 Å². The highest BCUT2D eigenvalue weighted by atomic mass is 16.5. The van der Waals surface area contributed by atoms with Gasteiger partial charge in [-0.25, -0.2) is 0 Å². The Balaban J connectivity index is 2.15. The van der Waals surface area contributed by atoms with E-state index in [0.29, 0.717) is 0 Å². The molecular weight excluding hydrogens is 254 g/mol. The molecule has 0 saturated heterocycles. The number of aryl methyl sites for hydroxylation is 1. The summed E-state index contributed by atoms with van der Waals surface area (Å²) >= 11 is 0. The van der Waals surface area contributed by atoms with Crippen LogP contribution in [0.4, 0.5) is 0 Å². The van der Waals surface area contributed by atoms with Crippen LogP contribution in [0.3, 0.4) is 0 Å². The van der Waals surface area contributed by atoms with Crippen molar-refractivity contribution in [3.8, 4) is 0 Å². The molecule has 0 radical (unpaired) electrons. The first-order valence-electron chi connectivity index (χ1n) is 7.71. The topological polar surface area (TPSA) is 64.9 Å². The molecule has 6 heteroatoms. The van der Waals surface area contributed by atoms with Gasteiger partial charge in [-0.05, 0) is 24.6 Å². The van der Waals surface area contributed by atoms with Crippen LogP contribution in [-0.2, 0) is 18.2 Å². The van der Waals surface area contributed by atoms with E-state index in [1.807, 2.05) is 7.11 Å². The summed E-state index contributed by atoms with van der Waals surface area (Å²) in [4.78, 5) is 1.52. The van der Waals surface area contributed by atoms with Gasteiger partial charge >= 0.3 is 0 Å². The molecular formula is C14H27N5O. The molecule has 20 heavy (non-hydrogen) atoms. The molecule has 2 rings (SSSR count). The summed E-state index contributed by atoms with van der Waals surface area (Å²) in [7, 11) is 3.65. The molecule has 1 aliphatic carbocycles. The fourth-order valence-electron chi connectivity index (χ4n) is 3.30. The zero-order chi connectivity index (χ0) is 14.4. The standard InChI is InChI=1S/C14H27N5O/c1-4-15-12(11-13-16-18-19(2)17-13)14(20-3)9-7-5-6-8-10-14/h12,15H,4-11H2,1-3H3. The number of likely N-dealkylation sites (N-methyl/N-ethyl adjacent to an activating group) is 1. The molecule has 1 N–H and O–H groups in total. The van der Waals surface area contributed by atoms with E-state index in [-0.39, 0.29) is 11.6 Å². The summed E-state index contributed by atoms with van der Waals surface area (Å²) in [6.07, 6.45) is 8.10. The summed E-state index contributed by atoms with van der Waals surface area (Å²) in [6, 6.07) is 0.250. The van der Waals surface area contributed by atoms with Gasteiger partial charge in [-0.2, -0.15) is 4.80 Å². The summed E-state index contributed by atoms with van der Waals surface area (Å²) in [6.45, 7) is 3.06. The lowest BCUT2D eigenvalue weighted by molar-refractivity contribution is -0.0527. The van der Waals surface area contributed by atoms with E-state index in [9.17, 15) is 0 Å². The van der Waals surface area contributed by atoms with E-state index in [1.165, 1.54) is 30.5 Å². The Hall–Kier alpha value is -1.01. The van der Waals surface area contributed by atoms with E-state index >= 15 is 0 Å². The zero-order valence-corrected chi connectivity index (χ0v) is 12.9. The molecule has 6 nitrogen and oxygen atoms in total. The van der Waals surface area contributed by atoms with Crippen LogP contribution in [0.5, 0.6) is 0 Å². The lowest BCUT2D eigenvalue weighted by atomic mass is 9.84. The van der Waals surface area contributed by atoms with Crippen LogP contribution in [0.15, 0.2) is 0 Å². The number of rotatable bonds is 6. The number of aromatic nitrogens is 4. The van der Waals surface area contributed by atoms with Crippen LogP contribution in [0.1, 0.15) is 51.3 Å². The molecule has 0 bridgehead atoms. The molecule has 1 aliphatic rings. The maximum Gasteiger partial charge on any atom is 0.176 e. The van der Waals surface area contributed by atoms with Crippen LogP contribution >= 0.6 is 0 Å². The summed E-state index contributed by atoms with van der Waals surface area (Å²) in [5.41, 5.74) is -0.0916. The average Bonchev–Trinajstić information content (AvgIpc) is 2.72. The van der Waals surface area contributed by atoms with Crippen molar-refractivity contribution in [1.29, 1.82) is 0 Å². The average molecular weight is 281 g/mol. The maximum atomic E-state index is 6.01. The molecule has 1 unspecified atom stereocenters. The highest BCUT2D eigenvalue weighted by molar-refractivity contribution is 4.99. The second-order valence-electron chi connectivity index (χ2n) is 5.69. The van der Waals surface area contributed by atoms with Crippen LogP contribution in [0.25, 0.3) is 0 Å². The Kier molecular flexibility index (Phi) is 5.48. The number of tetrazole rings is 1. The van der Waals surface area contributed by atoms with Crippen LogP contribution in [-0.4, -0.2) is 45.5 Å². The summed E-state index contributed by atoms with van der Waals surface area (Å²) < 4.78 is 6.01. The molecule has 1 aromatic rings. The van der Waals surface area contributed by atoms with E-state index < -0.39 is 0 Å². The number of ether oxygens (including phenoxy) is 1. The fourth-order valence-corrected chi connectivity index (χ4v) is 3.30. The first-order chi connectivity index (χ1) is 9.70. The third kappa shape index (κ3) is 3.55. The van der Waals surface area contributed by atoms with Crippen LogP contribution in [0.2, 0.25) is 0 Å². The second kappa shape index (κ2) is 7.13. The zero-order valence-electron chi connectivity index (χ0n) is 12.9. The van der Waals surface area contributed by atoms with Gasteiger partial charge in [0, 0.05) is 19.6 Å². The third-order valence-electron chi connectivity index (χ3n) is 4.38. The smallest absolute Gasteiger partial charge is 0.176 e. The second-order valence-corrected chi connectivity index (χ2v) is 5.69.